The van der Waals surface area contributed by atoms with E-state index in [1.165, 1.54) is 31.4 Å². The molecule has 262 valence electrons. The SMILES string of the molecule is COc1ccc(S(=O)(=O)N(CCO)CCO[C@@H]2C[C@H](c3ccc(F)cc3)C=C(C(=O)N3CCN(Cc4ccc5c(c4)OCO5)CC3)O2)cc1. The number of rotatable bonds is 13. The molecular weight excluding hydrogens is 657 g/mol. The maximum atomic E-state index is 13.8. The van der Waals surface area contributed by atoms with Gasteiger partial charge in [-0.2, -0.15) is 4.31 Å². The number of carbonyl (C=O) groups excluding carboxylic acids is 1. The fourth-order valence-electron chi connectivity index (χ4n) is 6.06. The summed E-state index contributed by atoms with van der Waals surface area (Å²) in [5, 5.41) is 9.62. The first-order chi connectivity index (χ1) is 23.7. The van der Waals surface area contributed by atoms with Gasteiger partial charge in [-0.25, -0.2) is 12.8 Å². The highest BCUT2D eigenvalue weighted by atomic mass is 32.2. The van der Waals surface area contributed by atoms with Crippen LogP contribution in [0.5, 0.6) is 17.2 Å². The molecule has 0 unspecified atom stereocenters. The van der Waals surface area contributed by atoms with Crippen molar-refractivity contribution in [1.82, 2.24) is 14.1 Å². The van der Waals surface area contributed by atoms with Crippen molar-refractivity contribution >= 4 is 15.9 Å². The highest BCUT2D eigenvalue weighted by molar-refractivity contribution is 7.89. The summed E-state index contributed by atoms with van der Waals surface area (Å²) in [5.74, 6) is 1.18. The van der Waals surface area contributed by atoms with Gasteiger partial charge in [-0.1, -0.05) is 18.2 Å². The quantitative estimate of drug-likeness (QED) is 0.284. The summed E-state index contributed by atoms with van der Waals surface area (Å²) in [7, 11) is -2.45. The highest BCUT2D eigenvalue weighted by Gasteiger charge is 2.33. The molecule has 0 aromatic heterocycles. The van der Waals surface area contributed by atoms with Crippen molar-refractivity contribution in [3.05, 3.63) is 95.5 Å². The predicted molar refractivity (Wildman–Crippen MR) is 176 cm³/mol. The van der Waals surface area contributed by atoms with Crippen LogP contribution in [0.2, 0.25) is 0 Å². The molecule has 0 aliphatic carbocycles. The van der Waals surface area contributed by atoms with Crippen molar-refractivity contribution in [1.29, 1.82) is 0 Å². The van der Waals surface area contributed by atoms with Crippen molar-refractivity contribution in [2.75, 3.05) is 66.4 Å². The Morgan fingerprint density at radius 3 is 2.43 bits per heavy atom. The summed E-state index contributed by atoms with van der Waals surface area (Å²) >= 11 is 0. The smallest absolute Gasteiger partial charge is 0.288 e. The molecule has 3 aliphatic heterocycles. The highest BCUT2D eigenvalue weighted by Crippen LogP contribution is 2.34. The zero-order chi connectivity index (χ0) is 34.4. The third-order valence-corrected chi connectivity index (χ3v) is 10.7. The number of fused-ring (bicyclic) bond motifs is 1. The van der Waals surface area contributed by atoms with Crippen LogP contribution in [0.15, 0.2) is 83.5 Å². The monoisotopic (exact) mass is 697 g/mol. The molecule has 1 amide bonds. The number of methoxy groups -OCH3 is 1. The van der Waals surface area contributed by atoms with Crippen LogP contribution in [-0.2, 0) is 30.8 Å². The van der Waals surface area contributed by atoms with Crippen molar-refractivity contribution in [2.45, 2.75) is 30.1 Å². The molecule has 1 N–H and O–H groups in total. The lowest BCUT2D eigenvalue weighted by atomic mass is 9.93. The van der Waals surface area contributed by atoms with E-state index in [1.807, 2.05) is 18.2 Å². The standard InChI is InChI=1S/C35H40FN3O9S/c1-44-29-7-9-30(10-8-29)49(42,43)39(16-18-40)17-19-45-34-22-27(26-3-5-28(36)6-4-26)21-33(48-34)35(41)38-14-12-37(13-15-38)23-25-2-11-31-32(20-25)47-24-46-31/h2-11,20-21,27,34,40H,12-19,22-24H2,1H3/t27-,34+/m1/s1. The summed E-state index contributed by atoms with van der Waals surface area (Å²) in [4.78, 5) is 17.8. The Bertz CT molecular complexity index is 1730. The van der Waals surface area contributed by atoms with Gasteiger partial charge in [-0.15, -0.1) is 0 Å². The van der Waals surface area contributed by atoms with Crippen LogP contribution in [-0.4, -0.2) is 106 Å². The summed E-state index contributed by atoms with van der Waals surface area (Å²) in [6.07, 6.45) is 1.21. The number of nitrogens with zero attached hydrogens (tertiary/aromatic N) is 3. The second-order valence-corrected chi connectivity index (χ2v) is 13.8. The van der Waals surface area contributed by atoms with E-state index in [2.05, 4.69) is 4.90 Å². The van der Waals surface area contributed by atoms with Crippen LogP contribution < -0.4 is 14.2 Å². The van der Waals surface area contributed by atoms with Crippen LogP contribution in [0.4, 0.5) is 4.39 Å². The minimum absolute atomic E-state index is 0.0545. The third-order valence-electron chi connectivity index (χ3n) is 8.76. The molecule has 0 spiro atoms. The number of benzene rings is 3. The molecule has 1 fully saturated rings. The van der Waals surface area contributed by atoms with Gasteiger partial charge in [0.05, 0.1) is 25.2 Å². The number of halogens is 1. The molecule has 3 aromatic carbocycles. The molecule has 49 heavy (non-hydrogen) atoms. The number of aliphatic hydroxyl groups is 1. The van der Waals surface area contributed by atoms with Gasteiger partial charge in [0.15, 0.2) is 17.3 Å². The van der Waals surface area contributed by atoms with Crippen LogP contribution in [0.25, 0.3) is 0 Å². The van der Waals surface area contributed by atoms with Gasteiger partial charge in [-0.3, -0.25) is 9.69 Å². The Labute approximate surface area is 285 Å². The zero-order valence-electron chi connectivity index (χ0n) is 27.2. The van der Waals surface area contributed by atoms with Gasteiger partial charge in [0, 0.05) is 58.2 Å². The molecule has 1 saturated heterocycles. The normalized spacial score (nSPS) is 19.4. The van der Waals surface area contributed by atoms with E-state index in [1.54, 1.807) is 35.2 Å². The first-order valence-electron chi connectivity index (χ1n) is 16.1. The van der Waals surface area contributed by atoms with Crippen LogP contribution in [0, 0.1) is 5.82 Å². The second-order valence-electron chi connectivity index (χ2n) is 11.9. The van der Waals surface area contributed by atoms with Gasteiger partial charge < -0.3 is 33.7 Å². The number of carbonyl (C=O) groups is 1. The number of hydrogen-bond acceptors (Lipinski definition) is 10. The van der Waals surface area contributed by atoms with Crippen molar-refractivity contribution in [3.8, 4) is 17.2 Å². The molecule has 0 radical (unpaired) electrons. The van der Waals surface area contributed by atoms with E-state index in [-0.39, 0.29) is 61.4 Å². The zero-order valence-corrected chi connectivity index (χ0v) is 28.0. The van der Waals surface area contributed by atoms with Gasteiger partial charge in [0.1, 0.15) is 11.6 Å². The number of sulfonamides is 1. The van der Waals surface area contributed by atoms with Crippen LogP contribution in [0.1, 0.15) is 23.5 Å². The maximum absolute atomic E-state index is 13.8. The van der Waals surface area contributed by atoms with Crippen molar-refractivity contribution < 1.29 is 46.4 Å². The lowest BCUT2D eigenvalue weighted by Crippen LogP contribution is -2.49. The summed E-state index contributed by atoms with van der Waals surface area (Å²) in [5.41, 5.74) is 1.89. The number of piperazine rings is 1. The molecule has 0 bridgehead atoms. The van der Waals surface area contributed by atoms with E-state index in [9.17, 15) is 22.7 Å². The van der Waals surface area contributed by atoms with E-state index in [0.717, 1.165) is 26.9 Å². The average Bonchev–Trinajstić information content (AvgIpc) is 3.59. The molecule has 3 heterocycles. The first kappa shape index (κ1) is 34.6. The number of allylic oxidation sites excluding steroid dienone is 1. The third kappa shape index (κ3) is 8.33. The van der Waals surface area contributed by atoms with E-state index < -0.39 is 16.3 Å². The number of amides is 1. The fourth-order valence-corrected chi connectivity index (χ4v) is 7.48. The largest absolute Gasteiger partial charge is 0.497 e. The molecule has 0 saturated carbocycles. The second kappa shape index (κ2) is 15.6. The molecule has 14 heteroatoms. The predicted octanol–water partition coefficient (Wildman–Crippen LogP) is 3.32. The van der Waals surface area contributed by atoms with Gasteiger partial charge in [0.25, 0.3) is 5.91 Å². The fraction of sp³-hybridized carbons (Fsp3) is 0.400. The number of ether oxygens (including phenoxy) is 5. The minimum Gasteiger partial charge on any atom is -0.497 e. The number of aliphatic hydroxyl groups excluding tert-OH is 1. The Morgan fingerprint density at radius 1 is 0.980 bits per heavy atom. The molecule has 2 atom stereocenters. The minimum atomic E-state index is -3.94. The van der Waals surface area contributed by atoms with Gasteiger partial charge in [0.2, 0.25) is 23.1 Å². The van der Waals surface area contributed by atoms with Gasteiger partial charge >= 0.3 is 0 Å². The first-order valence-corrected chi connectivity index (χ1v) is 17.6. The van der Waals surface area contributed by atoms with Crippen LogP contribution >= 0.6 is 0 Å². The van der Waals surface area contributed by atoms with E-state index in [0.29, 0.717) is 44.9 Å². The maximum Gasteiger partial charge on any atom is 0.288 e. The molecule has 3 aromatic rings. The Hall–Kier alpha value is -4.21. The molecule has 12 nitrogen and oxygen atoms in total. The lowest BCUT2D eigenvalue weighted by molar-refractivity contribution is -0.154. The van der Waals surface area contributed by atoms with Gasteiger partial charge in [-0.05, 0) is 65.7 Å². The molecule has 3 aliphatic rings. The summed E-state index contributed by atoms with van der Waals surface area (Å²) < 4.78 is 69.7. The Morgan fingerprint density at radius 2 is 1.71 bits per heavy atom. The van der Waals surface area contributed by atoms with E-state index in [4.69, 9.17) is 23.7 Å². The summed E-state index contributed by atoms with van der Waals surface area (Å²) in [6.45, 7) is 2.62. The Kier molecular flexibility index (Phi) is 11.0. The van der Waals surface area contributed by atoms with Crippen molar-refractivity contribution in [2.24, 2.45) is 0 Å². The number of hydrogen-bond donors (Lipinski definition) is 1. The lowest BCUT2D eigenvalue weighted by Gasteiger charge is -2.36. The average molecular weight is 698 g/mol. The van der Waals surface area contributed by atoms with Crippen molar-refractivity contribution in [3.63, 3.8) is 0 Å². The van der Waals surface area contributed by atoms with Crippen LogP contribution in [0.3, 0.4) is 0 Å². The van der Waals surface area contributed by atoms with E-state index >= 15 is 0 Å². The topological polar surface area (TPSA) is 127 Å². The molecular formula is C35H40FN3O9S. The Balaban J connectivity index is 1.09. The molecule has 6 rings (SSSR count). The summed E-state index contributed by atoms with van der Waals surface area (Å²) in [6, 6.07) is 18.0.